The Bertz CT molecular complexity index is 1080. The zero-order valence-corrected chi connectivity index (χ0v) is 19.3. The topological polar surface area (TPSA) is 59.1 Å². The highest BCUT2D eigenvalue weighted by Gasteiger charge is 2.44. The Hall–Kier alpha value is -3.12. The lowest BCUT2D eigenvalue weighted by molar-refractivity contribution is -0.138. The Morgan fingerprint density at radius 3 is 2.58 bits per heavy atom. The Balaban J connectivity index is 1.51. The number of carbonyl (C=O) groups is 2. The van der Waals surface area contributed by atoms with Crippen molar-refractivity contribution in [3.05, 3.63) is 65.4 Å². The molecule has 0 radical (unpaired) electrons. The Labute approximate surface area is 194 Å². The molecule has 1 saturated heterocycles. The average Bonchev–Trinajstić information content (AvgIpc) is 3.53. The molecule has 0 spiro atoms. The van der Waals surface area contributed by atoms with Crippen LogP contribution in [0.5, 0.6) is 5.75 Å². The van der Waals surface area contributed by atoms with Gasteiger partial charge in [-0.1, -0.05) is 44.2 Å². The number of amides is 2. The van der Waals surface area contributed by atoms with E-state index in [2.05, 4.69) is 19.9 Å². The molecule has 172 valence electrons. The molecule has 1 fully saturated rings. The van der Waals surface area contributed by atoms with Crippen LogP contribution in [0.15, 0.2) is 54.2 Å². The summed E-state index contributed by atoms with van der Waals surface area (Å²) >= 11 is 0. The molecule has 3 aliphatic heterocycles. The fourth-order valence-corrected chi connectivity index (χ4v) is 4.78. The summed E-state index contributed by atoms with van der Waals surface area (Å²) in [6.45, 7) is 6.50. The summed E-state index contributed by atoms with van der Waals surface area (Å²) < 4.78 is 11.5. The van der Waals surface area contributed by atoms with Crippen LogP contribution in [0.25, 0.3) is 5.57 Å². The molecular weight excluding hydrogens is 416 g/mol. The van der Waals surface area contributed by atoms with E-state index in [1.807, 2.05) is 47.4 Å². The van der Waals surface area contributed by atoms with Crippen LogP contribution in [0.1, 0.15) is 37.8 Å². The highest BCUT2D eigenvalue weighted by atomic mass is 16.5. The van der Waals surface area contributed by atoms with E-state index in [1.165, 1.54) is 10.5 Å². The number of anilines is 1. The van der Waals surface area contributed by atoms with Gasteiger partial charge < -0.3 is 14.4 Å². The molecule has 0 aromatic heterocycles. The molecule has 1 unspecified atom stereocenters. The van der Waals surface area contributed by atoms with E-state index in [0.717, 1.165) is 36.3 Å². The number of hydrogen-bond acceptors (Lipinski definition) is 5. The largest absolute Gasteiger partial charge is 0.493 e. The summed E-state index contributed by atoms with van der Waals surface area (Å²) in [7, 11) is 0. The van der Waals surface area contributed by atoms with Crippen molar-refractivity contribution in [3.8, 4) is 5.75 Å². The van der Waals surface area contributed by atoms with Crippen molar-refractivity contribution in [1.82, 2.24) is 4.90 Å². The minimum Gasteiger partial charge on any atom is -0.493 e. The summed E-state index contributed by atoms with van der Waals surface area (Å²) in [6.07, 6.45) is 2.60. The van der Waals surface area contributed by atoms with E-state index >= 15 is 0 Å². The Kier molecular flexibility index (Phi) is 5.94. The van der Waals surface area contributed by atoms with Gasteiger partial charge in [0.25, 0.3) is 11.8 Å². The van der Waals surface area contributed by atoms with Gasteiger partial charge in [-0.3, -0.25) is 14.5 Å². The van der Waals surface area contributed by atoms with Gasteiger partial charge in [-0.2, -0.15) is 0 Å². The second-order valence-electron chi connectivity index (χ2n) is 9.34. The van der Waals surface area contributed by atoms with Gasteiger partial charge in [-0.25, -0.2) is 0 Å². The second-order valence-corrected chi connectivity index (χ2v) is 9.34. The van der Waals surface area contributed by atoms with Crippen LogP contribution in [0.4, 0.5) is 5.69 Å². The summed E-state index contributed by atoms with van der Waals surface area (Å²) in [6, 6.07) is 15.6. The van der Waals surface area contributed by atoms with Crippen molar-refractivity contribution in [3.63, 3.8) is 0 Å². The third-order valence-corrected chi connectivity index (χ3v) is 6.44. The molecule has 2 aromatic carbocycles. The van der Waals surface area contributed by atoms with Crippen molar-refractivity contribution < 1.29 is 19.1 Å². The molecule has 33 heavy (non-hydrogen) atoms. The van der Waals surface area contributed by atoms with Gasteiger partial charge in [0.1, 0.15) is 11.4 Å². The number of imide groups is 1. The maximum atomic E-state index is 13.7. The summed E-state index contributed by atoms with van der Waals surface area (Å²) in [5.41, 5.74) is 3.87. The zero-order chi connectivity index (χ0) is 22.9. The molecule has 1 atom stereocenters. The number of rotatable bonds is 7. The van der Waals surface area contributed by atoms with Gasteiger partial charge >= 0.3 is 0 Å². The minimum atomic E-state index is -0.245. The number of benzene rings is 2. The van der Waals surface area contributed by atoms with E-state index < -0.39 is 0 Å². The van der Waals surface area contributed by atoms with Gasteiger partial charge in [0.15, 0.2) is 0 Å². The van der Waals surface area contributed by atoms with E-state index in [-0.39, 0.29) is 17.9 Å². The lowest BCUT2D eigenvalue weighted by Crippen LogP contribution is -2.39. The molecule has 0 N–H and O–H groups in total. The van der Waals surface area contributed by atoms with Crippen LogP contribution in [0.3, 0.4) is 0 Å². The van der Waals surface area contributed by atoms with Crippen LogP contribution >= 0.6 is 0 Å². The van der Waals surface area contributed by atoms with Gasteiger partial charge in [-0.05, 0) is 54.5 Å². The molecule has 0 bridgehead atoms. The molecule has 2 aromatic rings. The van der Waals surface area contributed by atoms with Gasteiger partial charge in [-0.15, -0.1) is 0 Å². The van der Waals surface area contributed by atoms with Crippen LogP contribution in [-0.2, 0) is 20.7 Å². The summed E-state index contributed by atoms with van der Waals surface area (Å²) in [5, 5.41) is 0. The molecular formula is C27H30N2O4. The maximum Gasteiger partial charge on any atom is 0.278 e. The first-order valence-corrected chi connectivity index (χ1v) is 11.8. The summed E-state index contributed by atoms with van der Waals surface area (Å²) in [4.78, 5) is 30.7. The third-order valence-electron chi connectivity index (χ3n) is 6.44. The first kappa shape index (κ1) is 21.7. The molecule has 6 nitrogen and oxygen atoms in total. The SMILES string of the molecule is CC(C)COc1ccc(C2=C(N3CCc4ccccc43)C(=O)N(CC3CCCO3)C2=O)cc1. The summed E-state index contributed by atoms with van der Waals surface area (Å²) in [5.74, 6) is 0.705. The van der Waals surface area contributed by atoms with Crippen LogP contribution in [0, 0.1) is 5.92 Å². The first-order valence-electron chi connectivity index (χ1n) is 11.8. The molecule has 3 heterocycles. The van der Waals surface area contributed by atoms with E-state index in [4.69, 9.17) is 9.47 Å². The average molecular weight is 447 g/mol. The Morgan fingerprint density at radius 2 is 1.85 bits per heavy atom. The Morgan fingerprint density at radius 1 is 1.06 bits per heavy atom. The fraction of sp³-hybridized carbons (Fsp3) is 0.407. The quantitative estimate of drug-likeness (QED) is 0.601. The number of hydrogen-bond donors (Lipinski definition) is 0. The molecule has 0 saturated carbocycles. The smallest absolute Gasteiger partial charge is 0.278 e. The molecule has 5 rings (SSSR count). The van der Waals surface area contributed by atoms with E-state index in [0.29, 0.717) is 43.5 Å². The van der Waals surface area contributed by atoms with E-state index in [1.54, 1.807) is 0 Å². The van der Waals surface area contributed by atoms with Gasteiger partial charge in [0.05, 0.1) is 24.8 Å². The van der Waals surface area contributed by atoms with Gasteiger partial charge in [0, 0.05) is 18.8 Å². The fourth-order valence-electron chi connectivity index (χ4n) is 4.78. The number of fused-ring (bicyclic) bond motifs is 1. The number of ether oxygens (including phenoxy) is 2. The predicted molar refractivity (Wildman–Crippen MR) is 127 cm³/mol. The number of nitrogens with zero attached hydrogens (tertiary/aromatic N) is 2. The van der Waals surface area contributed by atoms with Crippen LogP contribution in [0.2, 0.25) is 0 Å². The van der Waals surface area contributed by atoms with E-state index in [9.17, 15) is 9.59 Å². The first-order chi connectivity index (χ1) is 16.0. The normalized spacial score (nSPS) is 20.4. The van der Waals surface area contributed by atoms with Crippen molar-refractivity contribution in [2.24, 2.45) is 5.92 Å². The number of carbonyl (C=O) groups excluding carboxylic acids is 2. The second kappa shape index (κ2) is 9.02. The molecule has 6 heteroatoms. The van der Waals surface area contributed by atoms with Crippen LogP contribution in [-0.4, -0.2) is 49.1 Å². The highest BCUT2D eigenvalue weighted by Crippen LogP contribution is 2.39. The predicted octanol–water partition coefficient (Wildman–Crippen LogP) is 4.04. The lowest BCUT2D eigenvalue weighted by atomic mass is 10.0. The van der Waals surface area contributed by atoms with Crippen molar-refractivity contribution in [1.29, 1.82) is 0 Å². The van der Waals surface area contributed by atoms with Crippen molar-refractivity contribution >= 4 is 23.1 Å². The lowest BCUT2D eigenvalue weighted by Gasteiger charge is -2.23. The van der Waals surface area contributed by atoms with Gasteiger partial charge in [0.2, 0.25) is 0 Å². The molecule has 3 aliphatic rings. The van der Waals surface area contributed by atoms with Crippen molar-refractivity contribution in [2.75, 3.05) is 31.2 Å². The standard InChI is InChI=1S/C27H30N2O4/c1-18(2)17-33-21-11-9-20(10-12-21)24-25(28-14-13-19-6-3-4-8-23(19)28)27(31)29(26(24)30)16-22-7-5-15-32-22/h3-4,6,8-12,18,22H,5,7,13-17H2,1-2H3. The maximum absolute atomic E-state index is 13.7. The molecule has 0 aliphatic carbocycles. The third kappa shape index (κ3) is 4.15. The van der Waals surface area contributed by atoms with Crippen molar-refractivity contribution in [2.45, 2.75) is 39.2 Å². The number of para-hydroxylation sites is 1. The monoisotopic (exact) mass is 446 g/mol. The zero-order valence-electron chi connectivity index (χ0n) is 19.3. The highest BCUT2D eigenvalue weighted by molar-refractivity contribution is 6.36. The minimum absolute atomic E-state index is 0.0869. The molecule has 2 amide bonds. The van der Waals surface area contributed by atoms with Crippen LogP contribution < -0.4 is 9.64 Å².